The molecule has 1 aromatic carbocycles. The summed E-state index contributed by atoms with van der Waals surface area (Å²) in [6.45, 7) is 5.89. The van der Waals surface area contributed by atoms with E-state index in [-0.39, 0.29) is 0 Å². The molecule has 0 bridgehead atoms. The Kier molecular flexibility index (Phi) is 4.98. The van der Waals surface area contributed by atoms with Gasteiger partial charge in [-0.3, -0.25) is 0 Å². The van der Waals surface area contributed by atoms with E-state index in [9.17, 15) is 0 Å². The number of nitrogens with two attached hydrogens (primary N) is 1. The number of aromatic nitrogens is 2. The lowest BCUT2D eigenvalue weighted by molar-refractivity contribution is 0.454. The van der Waals surface area contributed by atoms with Crippen molar-refractivity contribution >= 4 is 17.4 Å². The molecular weight excluding hydrogens is 288 g/mol. The van der Waals surface area contributed by atoms with E-state index >= 15 is 0 Å². The smallest absolute Gasteiger partial charge is 0.227 e. The van der Waals surface area contributed by atoms with Crippen molar-refractivity contribution in [3.05, 3.63) is 40.2 Å². The van der Waals surface area contributed by atoms with Crippen molar-refractivity contribution in [2.75, 3.05) is 5.43 Å². The molecule has 112 valence electrons. The summed E-state index contributed by atoms with van der Waals surface area (Å²) in [6, 6.07) is 5.61. The topological polar surface area (TPSA) is 73.1 Å². The van der Waals surface area contributed by atoms with Gasteiger partial charge in [0.2, 0.25) is 5.88 Å². The van der Waals surface area contributed by atoms with E-state index in [1.165, 1.54) is 0 Å². The lowest BCUT2D eigenvalue weighted by Crippen LogP contribution is -2.13. The van der Waals surface area contributed by atoms with Crippen LogP contribution in [-0.4, -0.2) is 9.97 Å². The number of nitrogens with one attached hydrogen (secondary N) is 1. The molecule has 1 aromatic heterocycles. The number of anilines is 1. The molecule has 0 unspecified atom stereocenters. The van der Waals surface area contributed by atoms with Gasteiger partial charge in [-0.2, -0.15) is 4.98 Å². The molecule has 0 aliphatic carbocycles. The van der Waals surface area contributed by atoms with E-state index in [1.807, 2.05) is 32.0 Å². The fourth-order valence-corrected chi connectivity index (χ4v) is 2.18. The summed E-state index contributed by atoms with van der Waals surface area (Å²) in [5, 5.41) is 0.548. The summed E-state index contributed by atoms with van der Waals surface area (Å²) in [4.78, 5) is 8.80. The standard InChI is InChI=1S/C15H19ClN4O/c1-4-5-13-18-14(20-17)10(3)15(19-13)21-12-7-6-9(2)8-11(12)16/h6-8H,4-5,17H2,1-3H3,(H,18,19,20). The number of nitrogen functional groups attached to an aromatic ring is 1. The minimum Gasteiger partial charge on any atom is -0.437 e. The largest absolute Gasteiger partial charge is 0.437 e. The van der Waals surface area contributed by atoms with E-state index < -0.39 is 0 Å². The van der Waals surface area contributed by atoms with Crippen molar-refractivity contribution in [3.8, 4) is 11.6 Å². The molecular formula is C15H19ClN4O. The Balaban J connectivity index is 2.40. The summed E-state index contributed by atoms with van der Waals surface area (Å²) in [6.07, 6.45) is 1.70. The van der Waals surface area contributed by atoms with Crippen LogP contribution in [0.15, 0.2) is 18.2 Å². The van der Waals surface area contributed by atoms with Crippen LogP contribution in [0, 0.1) is 13.8 Å². The molecule has 0 amide bonds. The van der Waals surface area contributed by atoms with Crippen molar-refractivity contribution in [2.45, 2.75) is 33.6 Å². The first-order valence-corrected chi connectivity index (χ1v) is 7.21. The van der Waals surface area contributed by atoms with Gasteiger partial charge in [-0.15, -0.1) is 0 Å². The number of ether oxygens (including phenoxy) is 1. The average molecular weight is 307 g/mol. The average Bonchev–Trinajstić information content (AvgIpc) is 2.45. The number of hydrogen-bond acceptors (Lipinski definition) is 5. The minimum atomic E-state index is 0.465. The van der Waals surface area contributed by atoms with Gasteiger partial charge in [0.15, 0.2) is 0 Å². The van der Waals surface area contributed by atoms with E-state index in [4.69, 9.17) is 22.2 Å². The van der Waals surface area contributed by atoms with E-state index in [0.29, 0.717) is 28.3 Å². The molecule has 5 nitrogen and oxygen atoms in total. The highest BCUT2D eigenvalue weighted by Crippen LogP contribution is 2.32. The van der Waals surface area contributed by atoms with Gasteiger partial charge >= 0.3 is 0 Å². The maximum absolute atomic E-state index is 6.20. The van der Waals surface area contributed by atoms with Gasteiger partial charge < -0.3 is 10.2 Å². The second-order valence-electron chi connectivity index (χ2n) is 4.85. The lowest BCUT2D eigenvalue weighted by atomic mass is 10.2. The summed E-state index contributed by atoms with van der Waals surface area (Å²) in [5.74, 6) is 7.79. The molecule has 6 heteroatoms. The van der Waals surface area contributed by atoms with Crippen molar-refractivity contribution in [1.29, 1.82) is 0 Å². The molecule has 2 rings (SSSR count). The number of aryl methyl sites for hydroxylation is 2. The summed E-state index contributed by atoms with van der Waals surface area (Å²) in [7, 11) is 0. The van der Waals surface area contributed by atoms with Crippen LogP contribution in [0.2, 0.25) is 5.02 Å². The Morgan fingerprint density at radius 3 is 2.67 bits per heavy atom. The normalized spacial score (nSPS) is 10.5. The zero-order chi connectivity index (χ0) is 15.4. The van der Waals surface area contributed by atoms with E-state index in [0.717, 1.165) is 24.0 Å². The molecule has 0 fully saturated rings. The molecule has 0 atom stereocenters. The first kappa shape index (κ1) is 15.5. The maximum Gasteiger partial charge on any atom is 0.227 e. The summed E-state index contributed by atoms with van der Waals surface area (Å²) in [5.41, 5.74) is 4.40. The molecule has 2 aromatic rings. The third kappa shape index (κ3) is 3.62. The van der Waals surface area contributed by atoms with Gasteiger partial charge in [-0.05, 0) is 38.0 Å². The van der Waals surface area contributed by atoms with Crippen molar-refractivity contribution in [2.24, 2.45) is 5.84 Å². The second kappa shape index (κ2) is 6.74. The van der Waals surface area contributed by atoms with Gasteiger partial charge in [0, 0.05) is 6.42 Å². The fraction of sp³-hybridized carbons (Fsp3) is 0.333. The van der Waals surface area contributed by atoms with Crippen molar-refractivity contribution in [3.63, 3.8) is 0 Å². The van der Waals surface area contributed by atoms with Crippen LogP contribution in [-0.2, 0) is 6.42 Å². The third-order valence-electron chi connectivity index (χ3n) is 3.05. The predicted octanol–water partition coefficient (Wildman–Crippen LogP) is 3.78. The van der Waals surface area contributed by atoms with Gasteiger partial charge in [0.05, 0.1) is 10.6 Å². The van der Waals surface area contributed by atoms with E-state index in [1.54, 1.807) is 0 Å². The van der Waals surface area contributed by atoms with E-state index in [2.05, 4.69) is 22.3 Å². The molecule has 21 heavy (non-hydrogen) atoms. The first-order valence-electron chi connectivity index (χ1n) is 6.83. The Hall–Kier alpha value is -1.85. The molecule has 0 saturated heterocycles. The Morgan fingerprint density at radius 2 is 2.05 bits per heavy atom. The van der Waals surface area contributed by atoms with Crippen LogP contribution in [0.1, 0.15) is 30.3 Å². The molecule has 0 aliphatic heterocycles. The minimum absolute atomic E-state index is 0.465. The van der Waals surface area contributed by atoms with Gasteiger partial charge in [0.25, 0.3) is 0 Å². The highest BCUT2D eigenvalue weighted by molar-refractivity contribution is 6.32. The Morgan fingerprint density at radius 1 is 1.29 bits per heavy atom. The van der Waals surface area contributed by atoms with Gasteiger partial charge in [-0.25, -0.2) is 10.8 Å². The maximum atomic E-state index is 6.20. The first-order chi connectivity index (χ1) is 10.0. The quantitative estimate of drug-likeness (QED) is 0.649. The number of hydrogen-bond donors (Lipinski definition) is 2. The number of rotatable bonds is 5. The van der Waals surface area contributed by atoms with Crippen LogP contribution in [0.25, 0.3) is 0 Å². The molecule has 0 aliphatic rings. The number of halogens is 1. The number of benzene rings is 1. The highest BCUT2D eigenvalue weighted by atomic mass is 35.5. The molecule has 1 heterocycles. The zero-order valence-corrected chi connectivity index (χ0v) is 13.2. The Bertz CT molecular complexity index is 646. The monoisotopic (exact) mass is 306 g/mol. The predicted molar refractivity (Wildman–Crippen MR) is 84.8 cm³/mol. The Labute approximate surface area is 129 Å². The van der Waals surface area contributed by atoms with Crippen molar-refractivity contribution < 1.29 is 4.74 Å². The van der Waals surface area contributed by atoms with Gasteiger partial charge in [-0.1, -0.05) is 24.6 Å². The number of nitrogens with zero attached hydrogens (tertiary/aromatic N) is 2. The van der Waals surface area contributed by atoms with Crippen LogP contribution in [0.3, 0.4) is 0 Å². The SMILES string of the molecule is CCCc1nc(NN)c(C)c(Oc2ccc(C)cc2Cl)n1. The number of hydrazine groups is 1. The molecule has 0 saturated carbocycles. The van der Waals surface area contributed by atoms with Crippen LogP contribution in [0.5, 0.6) is 11.6 Å². The molecule has 0 spiro atoms. The summed E-state index contributed by atoms with van der Waals surface area (Å²) >= 11 is 6.20. The molecule has 3 N–H and O–H groups in total. The second-order valence-corrected chi connectivity index (χ2v) is 5.26. The van der Waals surface area contributed by atoms with Crippen LogP contribution < -0.4 is 16.0 Å². The summed E-state index contributed by atoms with van der Waals surface area (Å²) < 4.78 is 5.85. The van der Waals surface area contributed by atoms with Crippen molar-refractivity contribution in [1.82, 2.24) is 9.97 Å². The zero-order valence-electron chi connectivity index (χ0n) is 12.4. The molecule has 0 radical (unpaired) electrons. The highest BCUT2D eigenvalue weighted by Gasteiger charge is 2.13. The van der Waals surface area contributed by atoms with Gasteiger partial charge in [0.1, 0.15) is 17.4 Å². The third-order valence-corrected chi connectivity index (χ3v) is 3.35. The lowest BCUT2D eigenvalue weighted by Gasteiger charge is -2.13. The fourth-order valence-electron chi connectivity index (χ4n) is 1.91. The van der Waals surface area contributed by atoms with Crippen LogP contribution in [0.4, 0.5) is 5.82 Å². The van der Waals surface area contributed by atoms with Crippen LogP contribution >= 0.6 is 11.6 Å².